The van der Waals surface area contributed by atoms with Gasteiger partial charge in [-0.3, -0.25) is 0 Å². The fraction of sp³-hybridized carbons (Fsp3) is 0.533. The predicted molar refractivity (Wildman–Crippen MR) is 81.0 cm³/mol. The van der Waals surface area contributed by atoms with Crippen molar-refractivity contribution >= 4 is 11.0 Å². The number of ether oxygens (including phenoxy) is 2. The number of aliphatic hydroxyl groups excluding tert-OH is 1. The van der Waals surface area contributed by atoms with Gasteiger partial charge in [-0.25, -0.2) is 8.93 Å². The maximum absolute atomic E-state index is 12.3. The number of aliphatic hydroxyl groups is 1. The first kappa shape index (κ1) is 17.1. The normalized spacial score (nSPS) is 26.3. The van der Waals surface area contributed by atoms with Crippen molar-refractivity contribution < 1.29 is 18.8 Å². The van der Waals surface area contributed by atoms with Crippen LogP contribution in [-0.2, 0) is 20.5 Å². The zero-order chi connectivity index (χ0) is 16.3. The Morgan fingerprint density at radius 1 is 1.41 bits per heavy atom. The first-order chi connectivity index (χ1) is 10.4. The van der Waals surface area contributed by atoms with Crippen molar-refractivity contribution in [2.24, 2.45) is 0 Å². The molecule has 1 heterocycles. The third-order valence-electron chi connectivity index (χ3n) is 3.34. The minimum absolute atomic E-state index is 0.273. The van der Waals surface area contributed by atoms with E-state index in [0.717, 1.165) is 5.56 Å². The standard InChI is InChI=1S/C15H20N2O4S/c1-10-4-6-11(7-5-10)22(19)17-12(8-16)14-13(9-18)20-15(2,3)21-14/h4-7,12-14,17-18H,9H2,1-3H3/t12-,13-,14-,22+/m0/s1. The topological polar surface area (TPSA) is 91.6 Å². The molecule has 0 saturated carbocycles. The maximum atomic E-state index is 12.3. The molecule has 120 valence electrons. The average Bonchev–Trinajstić information content (AvgIpc) is 2.80. The van der Waals surface area contributed by atoms with Crippen LogP contribution in [0, 0.1) is 18.3 Å². The van der Waals surface area contributed by atoms with Crippen LogP contribution in [0.15, 0.2) is 29.2 Å². The summed E-state index contributed by atoms with van der Waals surface area (Å²) in [6.45, 7) is 5.09. The Hall–Kier alpha value is -1.30. The molecule has 1 aromatic rings. The van der Waals surface area contributed by atoms with Gasteiger partial charge in [0.05, 0.1) is 17.6 Å². The lowest BCUT2D eigenvalue weighted by Gasteiger charge is -2.21. The summed E-state index contributed by atoms with van der Waals surface area (Å²) in [5.74, 6) is -0.889. The second kappa shape index (κ2) is 6.86. The molecule has 0 aliphatic carbocycles. The van der Waals surface area contributed by atoms with Gasteiger partial charge in [0, 0.05) is 0 Å². The molecule has 1 aromatic carbocycles. The Balaban J connectivity index is 2.10. The average molecular weight is 324 g/mol. The molecular weight excluding hydrogens is 304 g/mol. The summed E-state index contributed by atoms with van der Waals surface area (Å²) in [7, 11) is -1.55. The number of rotatable bonds is 5. The van der Waals surface area contributed by atoms with E-state index in [1.54, 1.807) is 26.0 Å². The van der Waals surface area contributed by atoms with E-state index in [1.165, 1.54) is 0 Å². The molecule has 0 aromatic heterocycles. The van der Waals surface area contributed by atoms with E-state index in [-0.39, 0.29) is 6.61 Å². The van der Waals surface area contributed by atoms with Gasteiger partial charge < -0.3 is 14.6 Å². The molecule has 1 aliphatic heterocycles. The SMILES string of the molecule is Cc1ccc([S@@](=O)N[C@@H](C#N)[C@@H]2OC(C)(C)O[C@H]2CO)cc1. The number of aryl methyl sites for hydroxylation is 1. The van der Waals surface area contributed by atoms with E-state index < -0.39 is 35.0 Å². The summed E-state index contributed by atoms with van der Waals surface area (Å²) in [6.07, 6.45) is -1.33. The second-order valence-corrected chi connectivity index (χ2v) is 6.87. The number of nitrogens with zero attached hydrogens (tertiary/aromatic N) is 1. The first-order valence-electron chi connectivity index (χ1n) is 6.97. The van der Waals surface area contributed by atoms with Gasteiger partial charge in [-0.15, -0.1) is 0 Å². The second-order valence-electron chi connectivity index (χ2n) is 5.63. The van der Waals surface area contributed by atoms with Crippen LogP contribution >= 0.6 is 0 Å². The lowest BCUT2D eigenvalue weighted by molar-refractivity contribution is -0.149. The highest BCUT2D eigenvalue weighted by Gasteiger charge is 2.45. The molecule has 1 aliphatic rings. The van der Waals surface area contributed by atoms with E-state index >= 15 is 0 Å². The Morgan fingerprint density at radius 3 is 2.59 bits per heavy atom. The number of nitrogens with one attached hydrogen (secondary N) is 1. The van der Waals surface area contributed by atoms with Crippen LogP contribution in [0.3, 0.4) is 0 Å². The van der Waals surface area contributed by atoms with E-state index in [9.17, 15) is 14.6 Å². The highest BCUT2D eigenvalue weighted by atomic mass is 32.2. The van der Waals surface area contributed by atoms with Crippen molar-refractivity contribution in [3.8, 4) is 6.07 Å². The van der Waals surface area contributed by atoms with Crippen LogP contribution in [0.2, 0.25) is 0 Å². The summed E-state index contributed by atoms with van der Waals surface area (Å²) in [6, 6.07) is 8.37. The maximum Gasteiger partial charge on any atom is 0.164 e. The summed E-state index contributed by atoms with van der Waals surface area (Å²) in [5.41, 5.74) is 1.06. The van der Waals surface area contributed by atoms with Gasteiger partial charge in [0.1, 0.15) is 29.2 Å². The van der Waals surface area contributed by atoms with E-state index in [4.69, 9.17) is 9.47 Å². The predicted octanol–water partition coefficient (Wildman–Crippen LogP) is 1.01. The molecule has 0 bridgehead atoms. The molecule has 1 saturated heterocycles. The van der Waals surface area contributed by atoms with Crippen LogP contribution < -0.4 is 4.72 Å². The van der Waals surface area contributed by atoms with Gasteiger partial charge in [-0.1, -0.05) is 17.7 Å². The summed E-state index contributed by atoms with van der Waals surface area (Å²) in [5, 5.41) is 18.7. The van der Waals surface area contributed by atoms with Crippen molar-refractivity contribution in [2.75, 3.05) is 6.61 Å². The number of hydrogen-bond acceptors (Lipinski definition) is 5. The minimum atomic E-state index is -1.55. The molecule has 0 radical (unpaired) electrons. The minimum Gasteiger partial charge on any atom is -0.394 e. The Morgan fingerprint density at radius 2 is 2.05 bits per heavy atom. The third-order valence-corrected chi connectivity index (χ3v) is 4.51. The number of hydrogen-bond donors (Lipinski definition) is 2. The Labute approximate surface area is 132 Å². The van der Waals surface area contributed by atoms with Crippen LogP contribution in [0.5, 0.6) is 0 Å². The van der Waals surface area contributed by atoms with Gasteiger partial charge in [0.25, 0.3) is 0 Å². The molecule has 2 rings (SSSR count). The number of nitriles is 1. The summed E-state index contributed by atoms with van der Waals surface area (Å²) >= 11 is 0. The molecule has 4 atom stereocenters. The van der Waals surface area contributed by atoms with Crippen molar-refractivity contribution in [3.05, 3.63) is 29.8 Å². The van der Waals surface area contributed by atoms with Crippen LogP contribution in [-0.4, -0.2) is 40.0 Å². The lowest BCUT2D eigenvalue weighted by Crippen LogP contribution is -2.46. The summed E-state index contributed by atoms with van der Waals surface area (Å²) in [4.78, 5) is 0.574. The Bertz CT molecular complexity index is 582. The molecule has 6 nitrogen and oxygen atoms in total. The van der Waals surface area contributed by atoms with E-state index in [2.05, 4.69) is 4.72 Å². The van der Waals surface area contributed by atoms with Crippen LogP contribution in [0.4, 0.5) is 0 Å². The fourth-order valence-corrected chi connectivity index (χ4v) is 3.24. The zero-order valence-electron chi connectivity index (χ0n) is 12.8. The van der Waals surface area contributed by atoms with Gasteiger partial charge in [0.2, 0.25) is 0 Å². The van der Waals surface area contributed by atoms with Crippen molar-refractivity contribution in [3.63, 3.8) is 0 Å². The first-order valence-corrected chi connectivity index (χ1v) is 8.12. The molecule has 0 amide bonds. The zero-order valence-corrected chi connectivity index (χ0v) is 13.6. The molecule has 7 heteroatoms. The molecule has 1 fully saturated rings. The van der Waals surface area contributed by atoms with Gasteiger partial charge >= 0.3 is 0 Å². The quantitative estimate of drug-likeness (QED) is 0.843. The van der Waals surface area contributed by atoms with Gasteiger partial charge in [-0.2, -0.15) is 5.26 Å². The fourth-order valence-electron chi connectivity index (χ4n) is 2.30. The van der Waals surface area contributed by atoms with Crippen LogP contribution in [0.25, 0.3) is 0 Å². The lowest BCUT2D eigenvalue weighted by atomic mass is 10.1. The van der Waals surface area contributed by atoms with E-state index in [1.807, 2.05) is 25.1 Å². The molecule has 22 heavy (non-hydrogen) atoms. The van der Waals surface area contributed by atoms with Crippen molar-refractivity contribution in [1.29, 1.82) is 5.26 Å². The summed E-state index contributed by atoms with van der Waals surface area (Å²) < 4.78 is 26.3. The van der Waals surface area contributed by atoms with Crippen LogP contribution in [0.1, 0.15) is 19.4 Å². The van der Waals surface area contributed by atoms with Gasteiger partial charge in [0.15, 0.2) is 5.79 Å². The monoisotopic (exact) mass is 324 g/mol. The third kappa shape index (κ3) is 3.91. The molecule has 0 unspecified atom stereocenters. The molecule has 2 N–H and O–H groups in total. The van der Waals surface area contributed by atoms with Crippen molar-refractivity contribution in [1.82, 2.24) is 4.72 Å². The highest BCUT2D eigenvalue weighted by molar-refractivity contribution is 7.83. The molecular formula is C15H20N2O4S. The smallest absolute Gasteiger partial charge is 0.164 e. The molecule has 0 spiro atoms. The Kier molecular flexibility index (Phi) is 5.32. The highest BCUT2D eigenvalue weighted by Crippen LogP contribution is 2.30. The van der Waals surface area contributed by atoms with Crippen molar-refractivity contribution in [2.45, 2.75) is 49.7 Å². The number of benzene rings is 1. The largest absolute Gasteiger partial charge is 0.394 e. The van der Waals surface area contributed by atoms with Gasteiger partial charge in [-0.05, 0) is 32.9 Å². The van der Waals surface area contributed by atoms with E-state index in [0.29, 0.717) is 4.90 Å².